The summed E-state index contributed by atoms with van der Waals surface area (Å²) in [5.74, 6) is 0.990. The molecule has 0 amide bonds. The summed E-state index contributed by atoms with van der Waals surface area (Å²) < 4.78 is 0. The van der Waals surface area contributed by atoms with E-state index in [4.69, 9.17) is 0 Å². The minimum absolute atomic E-state index is 0.716. The van der Waals surface area contributed by atoms with E-state index in [9.17, 15) is 0 Å². The Balaban J connectivity index is 1.95. The standard InChI is InChI=1S/C15H29N/c1-4-14(3)16-11-5-8-15(12-16)9-6-13(2)7-10-15/h13-14H,4-12H2,1-3H3. The van der Waals surface area contributed by atoms with Crippen molar-refractivity contribution in [3.05, 3.63) is 0 Å². The van der Waals surface area contributed by atoms with Gasteiger partial charge in [-0.05, 0) is 56.9 Å². The van der Waals surface area contributed by atoms with Crippen LogP contribution in [-0.4, -0.2) is 24.0 Å². The first-order chi connectivity index (χ1) is 7.65. The maximum Gasteiger partial charge on any atom is 0.00645 e. The molecule has 16 heavy (non-hydrogen) atoms. The maximum absolute atomic E-state index is 2.76. The average Bonchev–Trinajstić information content (AvgIpc) is 2.33. The molecule has 94 valence electrons. The van der Waals surface area contributed by atoms with E-state index in [1.165, 1.54) is 58.0 Å². The molecule has 1 aliphatic carbocycles. The molecule has 0 bridgehead atoms. The van der Waals surface area contributed by atoms with E-state index in [0.29, 0.717) is 5.41 Å². The van der Waals surface area contributed by atoms with E-state index in [1.807, 2.05) is 0 Å². The molecule has 0 aromatic rings. The topological polar surface area (TPSA) is 3.24 Å². The highest BCUT2D eigenvalue weighted by Gasteiger charge is 2.38. The third-order valence-electron chi connectivity index (χ3n) is 5.24. The van der Waals surface area contributed by atoms with Crippen molar-refractivity contribution < 1.29 is 0 Å². The first-order valence-electron chi connectivity index (χ1n) is 7.39. The number of nitrogens with zero attached hydrogens (tertiary/aromatic N) is 1. The van der Waals surface area contributed by atoms with Gasteiger partial charge in [-0.2, -0.15) is 0 Å². The van der Waals surface area contributed by atoms with E-state index >= 15 is 0 Å². The molecular formula is C15H29N. The van der Waals surface area contributed by atoms with Crippen molar-refractivity contribution in [2.45, 2.75) is 71.8 Å². The fourth-order valence-corrected chi connectivity index (χ4v) is 3.66. The quantitative estimate of drug-likeness (QED) is 0.682. The normalized spacial score (nSPS) is 38.8. The van der Waals surface area contributed by atoms with Crippen LogP contribution in [0.3, 0.4) is 0 Å². The van der Waals surface area contributed by atoms with Crippen LogP contribution >= 0.6 is 0 Å². The Kier molecular flexibility index (Phi) is 3.94. The number of likely N-dealkylation sites (tertiary alicyclic amines) is 1. The summed E-state index contributed by atoms with van der Waals surface area (Å²) >= 11 is 0. The highest BCUT2D eigenvalue weighted by atomic mass is 15.2. The third kappa shape index (κ3) is 2.61. The SMILES string of the molecule is CCC(C)N1CCCC2(CCC(C)CC2)C1. The lowest BCUT2D eigenvalue weighted by Gasteiger charge is -2.48. The summed E-state index contributed by atoms with van der Waals surface area (Å²) in [6.45, 7) is 9.92. The predicted molar refractivity (Wildman–Crippen MR) is 70.6 cm³/mol. The third-order valence-corrected chi connectivity index (χ3v) is 5.24. The molecule has 1 saturated carbocycles. The molecule has 0 aromatic heterocycles. The van der Waals surface area contributed by atoms with Crippen molar-refractivity contribution in [1.82, 2.24) is 4.90 Å². The van der Waals surface area contributed by atoms with Crippen LogP contribution in [0.1, 0.15) is 65.7 Å². The van der Waals surface area contributed by atoms with E-state index < -0.39 is 0 Å². The first kappa shape index (κ1) is 12.4. The molecule has 1 spiro atoms. The van der Waals surface area contributed by atoms with Gasteiger partial charge in [0.2, 0.25) is 0 Å². The summed E-state index contributed by atoms with van der Waals surface area (Å²) in [7, 11) is 0. The van der Waals surface area contributed by atoms with Crippen LogP contribution in [0, 0.1) is 11.3 Å². The molecule has 1 unspecified atom stereocenters. The van der Waals surface area contributed by atoms with Gasteiger partial charge in [0, 0.05) is 12.6 Å². The van der Waals surface area contributed by atoms with Crippen molar-refractivity contribution in [3.8, 4) is 0 Å². The van der Waals surface area contributed by atoms with Crippen LogP contribution in [0.25, 0.3) is 0 Å². The second-order valence-corrected chi connectivity index (χ2v) is 6.51. The zero-order valence-corrected chi connectivity index (χ0v) is 11.5. The molecule has 1 saturated heterocycles. The Bertz CT molecular complexity index is 215. The molecule has 1 nitrogen and oxygen atoms in total. The molecule has 1 heterocycles. The zero-order valence-electron chi connectivity index (χ0n) is 11.5. The molecular weight excluding hydrogens is 194 g/mol. The average molecular weight is 223 g/mol. The Hall–Kier alpha value is -0.0400. The summed E-state index contributed by atoms with van der Waals surface area (Å²) in [4.78, 5) is 2.76. The number of piperidine rings is 1. The van der Waals surface area contributed by atoms with E-state index in [-0.39, 0.29) is 0 Å². The van der Waals surface area contributed by atoms with Crippen molar-refractivity contribution >= 4 is 0 Å². The monoisotopic (exact) mass is 223 g/mol. The molecule has 2 aliphatic rings. The highest BCUT2D eigenvalue weighted by Crippen LogP contribution is 2.45. The minimum Gasteiger partial charge on any atom is -0.300 e. The molecule has 0 radical (unpaired) electrons. The lowest BCUT2D eigenvalue weighted by molar-refractivity contribution is 0.0221. The molecule has 0 N–H and O–H groups in total. The van der Waals surface area contributed by atoms with Gasteiger partial charge in [-0.1, -0.05) is 26.7 Å². The smallest absolute Gasteiger partial charge is 0.00645 e. The van der Waals surface area contributed by atoms with Gasteiger partial charge in [-0.3, -0.25) is 0 Å². The number of hydrogen-bond donors (Lipinski definition) is 0. The van der Waals surface area contributed by atoms with E-state index in [2.05, 4.69) is 25.7 Å². The highest BCUT2D eigenvalue weighted by molar-refractivity contribution is 4.91. The van der Waals surface area contributed by atoms with Crippen LogP contribution < -0.4 is 0 Å². The molecule has 1 heteroatoms. The minimum atomic E-state index is 0.716. The van der Waals surface area contributed by atoms with Gasteiger partial charge < -0.3 is 4.90 Å². The lowest BCUT2D eigenvalue weighted by Crippen LogP contribution is -2.48. The van der Waals surface area contributed by atoms with Gasteiger partial charge in [0.15, 0.2) is 0 Å². The van der Waals surface area contributed by atoms with Crippen molar-refractivity contribution in [1.29, 1.82) is 0 Å². The van der Waals surface area contributed by atoms with Gasteiger partial charge in [0.1, 0.15) is 0 Å². The van der Waals surface area contributed by atoms with Gasteiger partial charge in [-0.25, -0.2) is 0 Å². The van der Waals surface area contributed by atoms with Gasteiger partial charge in [0.25, 0.3) is 0 Å². The van der Waals surface area contributed by atoms with Gasteiger partial charge in [-0.15, -0.1) is 0 Å². The van der Waals surface area contributed by atoms with Crippen LogP contribution in [0.5, 0.6) is 0 Å². The second-order valence-electron chi connectivity index (χ2n) is 6.51. The lowest BCUT2D eigenvalue weighted by atomic mass is 9.66. The van der Waals surface area contributed by atoms with Crippen molar-refractivity contribution in [2.24, 2.45) is 11.3 Å². The molecule has 2 fully saturated rings. The van der Waals surface area contributed by atoms with Crippen LogP contribution in [-0.2, 0) is 0 Å². The summed E-state index contributed by atoms with van der Waals surface area (Å²) in [6, 6.07) is 0.802. The van der Waals surface area contributed by atoms with Crippen LogP contribution in [0.2, 0.25) is 0 Å². The fourth-order valence-electron chi connectivity index (χ4n) is 3.66. The van der Waals surface area contributed by atoms with Gasteiger partial charge >= 0.3 is 0 Å². The van der Waals surface area contributed by atoms with E-state index in [1.54, 1.807) is 0 Å². The largest absolute Gasteiger partial charge is 0.300 e. The van der Waals surface area contributed by atoms with Crippen molar-refractivity contribution in [2.75, 3.05) is 13.1 Å². The zero-order chi connectivity index (χ0) is 11.6. The summed E-state index contributed by atoms with van der Waals surface area (Å²) in [5, 5.41) is 0. The number of rotatable bonds is 2. The summed E-state index contributed by atoms with van der Waals surface area (Å²) in [6.07, 6.45) is 10.2. The molecule has 1 atom stereocenters. The Morgan fingerprint density at radius 1 is 1.25 bits per heavy atom. The molecule has 0 aromatic carbocycles. The van der Waals surface area contributed by atoms with Crippen LogP contribution in [0.15, 0.2) is 0 Å². The Morgan fingerprint density at radius 3 is 2.56 bits per heavy atom. The second kappa shape index (κ2) is 5.08. The Labute approximate surface area is 102 Å². The van der Waals surface area contributed by atoms with E-state index in [0.717, 1.165) is 12.0 Å². The predicted octanol–water partition coefficient (Wildman–Crippen LogP) is 4.08. The molecule has 1 aliphatic heterocycles. The van der Waals surface area contributed by atoms with Crippen molar-refractivity contribution in [3.63, 3.8) is 0 Å². The number of hydrogen-bond acceptors (Lipinski definition) is 1. The Morgan fingerprint density at radius 2 is 1.94 bits per heavy atom. The fraction of sp³-hybridized carbons (Fsp3) is 1.00. The first-order valence-corrected chi connectivity index (χ1v) is 7.39. The summed E-state index contributed by atoms with van der Waals surface area (Å²) in [5.41, 5.74) is 0.716. The van der Waals surface area contributed by atoms with Crippen LogP contribution in [0.4, 0.5) is 0 Å². The maximum atomic E-state index is 2.76. The van der Waals surface area contributed by atoms with Gasteiger partial charge in [0.05, 0.1) is 0 Å². The molecule has 2 rings (SSSR count).